The topological polar surface area (TPSA) is 177 Å². The highest BCUT2D eigenvalue weighted by Crippen LogP contribution is 2.35. The van der Waals surface area contributed by atoms with Gasteiger partial charge in [-0.25, -0.2) is 9.59 Å². The van der Waals surface area contributed by atoms with Gasteiger partial charge in [-0.3, -0.25) is 19.2 Å². The summed E-state index contributed by atoms with van der Waals surface area (Å²) in [5.41, 5.74) is 3.91. The number of hydrogen-bond donors (Lipinski definition) is 4. The number of esters is 1. The zero-order chi connectivity index (χ0) is 35.3. The molecule has 2 saturated carbocycles. The Hall–Kier alpha value is -3.18. The number of ether oxygens (including phenoxy) is 1. The third kappa shape index (κ3) is 10.2. The summed E-state index contributed by atoms with van der Waals surface area (Å²) in [6.45, 7) is 15.2. The van der Waals surface area contributed by atoms with Gasteiger partial charge >= 0.3 is 12.0 Å². The van der Waals surface area contributed by atoms with Crippen molar-refractivity contribution in [2.24, 2.45) is 34.3 Å². The minimum Gasteiger partial charge on any atom is -0.461 e. The molecule has 0 aromatic heterocycles. The molecule has 5 atom stereocenters. The maximum Gasteiger partial charge on any atom is 0.329 e. The zero-order valence-corrected chi connectivity index (χ0v) is 29.8. The highest BCUT2D eigenvalue weighted by molar-refractivity contribution is 6.37. The molecule has 0 radical (unpaired) electrons. The SMILES string of the molecule is CC(C)[C@H]1CCN(C(=O)[C@@H](NC(=O)N[C@H](C(=O)OC2CCCCC2)C(C)(C)C)C(C)(C)C)[C@@H]1C(=O)NC(CC1CCC1)C(=O)C(N)=O. The van der Waals surface area contributed by atoms with Gasteiger partial charge in [0.2, 0.25) is 17.6 Å². The Bertz CT molecular complexity index is 1160. The van der Waals surface area contributed by atoms with Crippen LogP contribution in [0.2, 0.25) is 0 Å². The van der Waals surface area contributed by atoms with E-state index in [0.29, 0.717) is 12.8 Å². The molecule has 5 amide bonds. The van der Waals surface area contributed by atoms with Crippen LogP contribution in [0.1, 0.15) is 120 Å². The molecule has 1 aliphatic heterocycles. The standard InChI is InChI=1S/C35H59N5O7/c1-20(2)23-17-18-40(25(23)30(43)37-24(26(41)29(36)42)19-21-13-12-14-21)31(44)27(34(3,4)5)38-33(46)39-28(35(6,7)8)32(45)47-22-15-10-9-11-16-22/h20-25,27-28H,9-19H2,1-8H3,(H2,36,42)(H,37,43)(H2,38,39,46)/t23-,24?,25+,27-,28-/m1/s1. The van der Waals surface area contributed by atoms with E-state index in [1.807, 2.05) is 55.4 Å². The van der Waals surface area contributed by atoms with E-state index in [0.717, 1.165) is 51.4 Å². The first kappa shape index (κ1) is 38.3. The number of ketones is 1. The zero-order valence-electron chi connectivity index (χ0n) is 29.8. The fourth-order valence-electron chi connectivity index (χ4n) is 6.98. The van der Waals surface area contributed by atoms with Crippen molar-refractivity contribution in [3.8, 4) is 0 Å². The van der Waals surface area contributed by atoms with Gasteiger partial charge in [0.1, 0.15) is 24.2 Å². The summed E-state index contributed by atoms with van der Waals surface area (Å²) < 4.78 is 5.80. The Morgan fingerprint density at radius 3 is 1.85 bits per heavy atom. The van der Waals surface area contributed by atoms with Crippen LogP contribution in [0.5, 0.6) is 0 Å². The predicted molar refractivity (Wildman–Crippen MR) is 178 cm³/mol. The number of primary amides is 1. The molecule has 0 bridgehead atoms. The van der Waals surface area contributed by atoms with Gasteiger partial charge in [0.25, 0.3) is 5.91 Å². The molecular formula is C35H59N5O7. The molecule has 1 heterocycles. The molecule has 0 aromatic rings. The van der Waals surface area contributed by atoms with Crippen molar-refractivity contribution in [1.29, 1.82) is 0 Å². The second-order valence-corrected chi connectivity index (χ2v) is 16.4. The van der Waals surface area contributed by atoms with Crippen LogP contribution in [0.4, 0.5) is 4.79 Å². The second-order valence-electron chi connectivity index (χ2n) is 16.4. The van der Waals surface area contributed by atoms with Crippen molar-refractivity contribution < 1.29 is 33.5 Å². The lowest BCUT2D eigenvalue weighted by Gasteiger charge is -2.38. The molecule has 0 aromatic carbocycles. The maximum absolute atomic E-state index is 14.3. The molecule has 47 heavy (non-hydrogen) atoms. The third-order valence-corrected chi connectivity index (χ3v) is 10.1. The monoisotopic (exact) mass is 661 g/mol. The number of Topliss-reactive ketones (excluding diaryl/α,β-unsaturated/α-hetero) is 1. The van der Waals surface area contributed by atoms with Crippen molar-refractivity contribution in [3.63, 3.8) is 0 Å². The van der Waals surface area contributed by atoms with Crippen molar-refractivity contribution in [2.45, 2.75) is 150 Å². The van der Waals surface area contributed by atoms with E-state index in [1.54, 1.807) is 0 Å². The Labute approximate surface area is 280 Å². The summed E-state index contributed by atoms with van der Waals surface area (Å²) >= 11 is 0. The first-order valence-electron chi connectivity index (χ1n) is 17.5. The smallest absolute Gasteiger partial charge is 0.329 e. The molecular weight excluding hydrogens is 602 g/mol. The summed E-state index contributed by atoms with van der Waals surface area (Å²) in [4.78, 5) is 81.1. The number of carbonyl (C=O) groups excluding carboxylic acids is 6. The van der Waals surface area contributed by atoms with Crippen molar-refractivity contribution in [2.75, 3.05) is 6.54 Å². The summed E-state index contributed by atoms with van der Waals surface area (Å²) in [6.07, 6.45) is 8.28. The number of rotatable bonds is 12. The largest absolute Gasteiger partial charge is 0.461 e. The molecule has 1 saturated heterocycles. The fraction of sp³-hybridized carbons (Fsp3) is 0.829. The molecule has 2 aliphatic carbocycles. The number of urea groups is 1. The quantitative estimate of drug-likeness (QED) is 0.182. The molecule has 3 rings (SSSR count). The van der Waals surface area contributed by atoms with Crippen LogP contribution >= 0.6 is 0 Å². The fourth-order valence-corrected chi connectivity index (χ4v) is 6.98. The number of hydrogen-bond acceptors (Lipinski definition) is 7. The number of carbonyl (C=O) groups is 6. The van der Waals surface area contributed by atoms with Crippen molar-refractivity contribution in [3.05, 3.63) is 0 Å². The van der Waals surface area contributed by atoms with E-state index in [4.69, 9.17) is 10.5 Å². The molecule has 3 fully saturated rings. The molecule has 266 valence electrons. The van der Waals surface area contributed by atoms with Gasteiger partial charge in [0.05, 0.1) is 6.04 Å². The molecule has 0 spiro atoms. The van der Waals surface area contributed by atoms with Crippen LogP contribution in [0, 0.1) is 28.6 Å². The molecule has 12 nitrogen and oxygen atoms in total. The van der Waals surface area contributed by atoms with E-state index >= 15 is 0 Å². The third-order valence-electron chi connectivity index (χ3n) is 10.1. The Morgan fingerprint density at radius 1 is 0.787 bits per heavy atom. The minimum absolute atomic E-state index is 0.0348. The average molecular weight is 662 g/mol. The van der Waals surface area contributed by atoms with Gasteiger partial charge < -0.3 is 31.3 Å². The lowest BCUT2D eigenvalue weighted by atomic mass is 9.80. The molecule has 12 heteroatoms. The van der Waals surface area contributed by atoms with Gasteiger partial charge in [-0.1, -0.05) is 81.1 Å². The summed E-state index contributed by atoms with van der Waals surface area (Å²) in [5.74, 6) is -3.36. The van der Waals surface area contributed by atoms with Crippen LogP contribution in [0.3, 0.4) is 0 Å². The molecule has 5 N–H and O–H groups in total. The van der Waals surface area contributed by atoms with E-state index in [1.165, 1.54) is 4.90 Å². The number of nitrogens with two attached hydrogens (primary N) is 1. The van der Waals surface area contributed by atoms with Gasteiger partial charge in [0.15, 0.2) is 0 Å². The van der Waals surface area contributed by atoms with Crippen LogP contribution in [0.15, 0.2) is 0 Å². The van der Waals surface area contributed by atoms with Crippen LogP contribution < -0.4 is 21.7 Å². The van der Waals surface area contributed by atoms with Crippen LogP contribution in [0.25, 0.3) is 0 Å². The van der Waals surface area contributed by atoms with Crippen molar-refractivity contribution >= 4 is 35.5 Å². The highest BCUT2D eigenvalue weighted by atomic mass is 16.5. The first-order chi connectivity index (χ1) is 21.8. The number of amides is 5. The van der Waals surface area contributed by atoms with E-state index in [9.17, 15) is 28.8 Å². The van der Waals surface area contributed by atoms with Crippen LogP contribution in [-0.4, -0.2) is 77.2 Å². The Morgan fingerprint density at radius 2 is 1.36 bits per heavy atom. The highest BCUT2D eigenvalue weighted by Gasteiger charge is 2.48. The minimum atomic E-state index is -1.10. The number of nitrogens with zero attached hydrogens (tertiary/aromatic N) is 1. The number of nitrogens with one attached hydrogen (secondary N) is 3. The van der Waals surface area contributed by atoms with Gasteiger partial charge in [-0.15, -0.1) is 0 Å². The van der Waals surface area contributed by atoms with Gasteiger partial charge in [0, 0.05) is 6.54 Å². The van der Waals surface area contributed by atoms with E-state index < -0.39 is 70.5 Å². The van der Waals surface area contributed by atoms with E-state index in [-0.39, 0.29) is 30.4 Å². The number of likely N-dealkylation sites (tertiary alicyclic amines) is 1. The molecule has 3 aliphatic rings. The molecule has 1 unspecified atom stereocenters. The first-order valence-corrected chi connectivity index (χ1v) is 17.5. The summed E-state index contributed by atoms with van der Waals surface area (Å²) in [5, 5.41) is 8.38. The summed E-state index contributed by atoms with van der Waals surface area (Å²) in [7, 11) is 0. The maximum atomic E-state index is 14.3. The van der Waals surface area contributed by atoms with Gasteiger partial charge in [-0.2, -0.15) is 0 Å². The lowest BCUT2D eigenvalue weighted by Crippen LogP contribution is -2.62. The van der Waals surface area contributed by atoms with Crippen molar-refractivity contribution in [1.82, 2.24) is 20.9 Å². The average Bonchev–Trinajstić information content (AvgIpc) is 3.40. The van der Waals surface area contributed by atoms with Gasteiger partial charge in [-0.05, 0) is 67.1 Å². The normalized spacial score (nSPS) is 22.9. The predicted octanol–water partition coefficient (Wildman–Crippen LogP) is 3.59. The Balaban J connectivity index is 1.80. The van der Waals surface area contributed by atoms with E-state index in [2.05, 4.69) is 16.0 Å². The summed E-state index contributed by atoms with van der Waals surface area (Å²) in [6, 6.07) is -4.65. The second kappa shape index (κ2) is 15.8. The van der Waals surface area contributed by atoms with Crippen LogP contribution in [-0.2, 0) is 28.7 Å². The lowest BCUT2D eigenvalue weighted by molar-refractivity contribution is -0.155. The Kier molecular flexibility index (Phi) is 12.9.